The Labute approximate surface area is 267 Å². The number of hydrogen-bond acceptors (Lipinski definition) is 7. The topological polar surface area (TPSA) is 109 Å². The molecule has 0 unspecified atom stereocenters. The minimum Gasteiger partial charge on any atom is -0.494 e. The number of aromatic nitrogens is 2. The average Bonchev–Trinajstić information content (AvgIpc) is 3.00. The number of nitro benzene ring substituents is 1. The number of nitro groups is 1. The Morgan fingerprint density at radius 1 is 1.09 bits per heavy atom. The van der Waals surface area contributed by atoms with Gasteiger partial charge >= 0.3 is 5.69 Å². The molecule has 0 bridgehead atoms. The van der Waals surface area contributed by atoms with Gasteiger partial charge in [-0.1, -0.05) is 38.1 Å². The molecule has 0 saturated heterocycles. The molecule has 0 amide bonds. The molecule has 0 N–H and O–H groups in total. The number of aryl methyl sites for hydroxylation is 1. The number of ether oxygens (including phenoxy) is 2. The summed E-state index contributed by atoms with van der Waals surface area (Å²) in [6, 6.07) is 19.5. The standard InChI is InChI=1S/C34H30BrFN4O5/c1-5-44-31-14-21(4)27(17-26(31)20(2)3)33-38-29-9-7-6-8-25(29)34(41)39(33)37-18-23-15-28(35)32(30(16-23)40(42)43)45-19-22-10-12-24(36)13-11-22/h6-18,20H,5,19H2,1-4H3. The normalized spacial score (nSPS) is 11.4. The zero-order chi connectivity index (χ0) is 32.2. The van der Waals surface area contributed by atoms with Crippen LogP contribution in [0.2, 0.25) is 0 Å². The second-order valence-electron chi connectivity index (χ2n) is 10.6. The molecule has 5 rings (SSSR count). The van der Waals surface area contributed by atoms with Crippen molar-refractivity contribution in [1.82, 2.24) is 9.66 Å². The Balaban J connectivity index is 1.61. The Morgan fingerprint density at radius 2 is 1.82 bits per heavy atom. The SMILES string of the molecule is CCOc1cc(C)c(-c2nc3ccccc3c(=O)n2N=Cc2cc(Br)c(OCc3ccc(F)cc3)c([N+](=O)[O-])c2)cc1C(C)C. The molecule has 9 nitrogen and oxygen atoms in total. The fourth-order valence-electron chi connectivity index (χ4n) is 4.89. The molecule has 0 saturated carbocycles. The van der Waals surface area contributed by atoms with Gasteiger partial charge in [-0.05, 0) is 94.9 Å². The lowest BCUT2D eigenvalue weighted by atomic mass is 9.96. The van der Waals surface area contributed by atoms with Gasteiger partial charge in [0.25, 0.3) is 5.56 Å². The van der Waals surface area contributed by atoms with Crippen molar-refractivity contribution in [3.8, 4) is 22.9 Å². The van der Waals surface area contributed by atoms with E-state index in [4.69, 9.17) is 14.5 Å². The van der Waals surface area contributed by atoms with E-state index >= 15 is 0 Å². The fraction of sp³-hybridized carbons (Fsp3) is 0.206. The average molecular weight is 674 g/mol. The minimum absolute atomic E-state index is 0.00549. The predicted molar refractivity (Wildman–Crippen MR) is 176 cm³/mol. The molecule has 0 radical (unpaired) electrons. The predicted octanol–water partition coefficient (Wildman–Crippen LogP) is 8.17. The molecular weight excluding hydrogens is 643 g/mol. The minimum atomic E-state index is -0.562. The number of fused-ring (bicyclic) bond motifs is 1. The summed E-state index contributed by atoms with van der Waals surface area (Å²) in [5.74, 6) is 0.849. The van der Waals surface area contributed by atoms with Gasteiger partial charge in [0.1, 0.15) is 18.2 Å². The van der Waals surface area contributed by atoms with Crippen molar-refractivity contribution in [3.63, 3.8) is 0 Å². The van der Waals surface area contributed by atoms with Crippen molar-refractivity contribution in [3.05, 3.63) is 126 Å². The monoisotopic (exact) mass is 672 g/mol. The van der Waals surface area contributed by atoms with E-state index in [-0.39, 0.29) is 29.5 Å². The summed E-state index contributed by atoms with van der Waals surface area (Å²) in [5, 5.41) is 16.9. The molecule has 0 spiro atoms. The molecule has 1 aromatic heterocycles. The molecule has 11 heteroatoms. The van der Waals surface area contributed by atoms with Crippen LogP contribution in [-0.4, -0.2) is 27.4 Å². The van der Waals surface area contributed by atoms with Crippen LogP contribution >= 0.6 is 15.9 Å². The quantitative estimate of drug-likeness (QED) is 0.0841. The maximum atomic E-state index is 13.8. The summed E-state index contributed by atoms with van der Waals surface area (Å²) in [5.41, 5.74) is 3.33. The number of para-hydroxylation sites is 1. The van der Waals surface area contributed by atoms with Crippen LogP contribution in [0.25, 0.3) is 22.3 Å². The Hall–Kier alpha value is -4.90. The van der Waals surface area contributed by atoms with Crippen LogP contribution in [0.3, 0.4) is 0 Å². The first kappa shape index (κ1) is 31.5. The molecule has 5 aromatic rings. The molecule has 0 fully saturated rings. The van der Waals surface area contributed by atoms with E-state index in [2.05, 4.69) is 34.9 Å². The molecule has 0 atom stereocenters. The molecule has 0 aliphatic heterocycles. The van der Waals surface area contributed by atoms with Gasteiger partial charge in [0.2, 0.25) is 5.75 Å². The van der Waals surface area contributed by atoms with Crippen LogP contribution in [0.1, 0.15) is 48.9 Å². The van der Waals surface area contributed by atoms with E-state index in [9.17, 15) is 19.3 Å². The third-order valence-electron chi connectivity index (χ3n) is 7.14. The molecule has 1 heterocycles. The third-order valence-corrected chi connectivity index (χ3v) is 7.72. The largest absolute Gasteiger partial charge is 0.494 e. The van der Waals surface area contributed by atoms with Crippen LogP contribution in [0.15, 0.2) is 87.2 Å². The van der Waals surface area contributed by atoms with Crippen molar-refractivity contribution >= 4 is 38.7 Å². The maximum absolute atomic E-state index is 13.8. The van der Waals surface area contributed by atoms with Gasteiger partial charge in [-0.3, -0.25) is 14.9 Å². The molecule has 4 aromatic carbocycles. The zero-order valence-electron chi connectivity index (χ0n) is 25.1. The molecule has 45 heavy (non-hydrogen) atoms. The molecule has 230 valence electrons. The first-order chi connectivity index (χ1) is 21.6. The summed E-state index contributed by atoms with van der Waals surface area (Å²) in [7, 11) is 0. The highest BCUT2D eigenvalue weighted by Gasteiger charge is 2.22. The van der Waals surface area contributed by atoms with Crippen LogP contribution < -0.4 is 15.0 Å². The number of hydrogen-bond donors (Lipinski definition) is 0. The van der Waals surface area contributed by atoms with Gasteiger partial charge in [0.05, 0.1) is 33.1 Å². The highest BCUT2D eigenvalue weighted by molar-refractivity contribution is 9.10. The summed E-state index contributed by atoms with van der Waals surface area (Å²) in [4.78, 5) is 30.1. The van der Waals surface area contributed by atoms with E-state index in [1.165, 1.54) is 29.1 Å². The van der Waals surface area contributed by atoms with Gasteiger partial charge in [-0.15, -0.1) is 0 Å². The lowest BCUT2D eigenvalue weighted by Gasteiger charge is -2.18. The highest BCUT2D eigenvalue weighted by atomic mass is 79.9. The van der Waals surface area contributed by atoms with Gasteiger partial charge in [0, 0.05) is 17.2 Å². The zero-order valence-corrected chi connectivity index (χ0v) is 26.7. The van der Waals surface area contributed by atoms with Crippen LogP contribution in [0, 0.1) is 22.9 Å². The van der Waals surface area contributed by atoms with Crippen LogP contribution in [0.5, 0.6) is 11.5 Å². The molecule has 0 aliphatic rings. The highest BCUT2D eigenvalue weighted by Crippen LogP contribution is 2.37. The van der Waals surface area contributed by atoms with Crippen molar-refractivity contribution in [2.75, 3.05) is 6.61 Å². The second-order valence-corrected chi connectivity index (χ2v) is 11.5. The smallest absolute Gasteiger partial charge is 0.312 e. The van der Waals surface area contributed by atoms with E-state index in [0.717, 1.165) is 16.9 Å². The third kappa shape index (κ3) is 6.78. The van der Waals surface area contributed by atoms with E-state index in [0.29, 0.717) is 44.5 Å². The van der Waals surface area contributed by atoms with E-state index in [1.54, 1.807) is 36.4 Å². The van der Waals surface area contributed by atoms with Crippen molar-refractivity contribution in [2.45, 2.75) is 40.2 Å². The first-order valence-corrected chi connectivity index (χ1v) is 15.1. The first-order valence-electron chi connectivity index (χ1n) is 14.3. The van der Waals surface area contributed by atoms with E-state index < -0.39 is 10.7 Å². The van der Waals surface area contributed by atoms with Gasteiger partial charge in [-0.2, -0.15) is 9.78 Å². The number of nitrogens with zero attached hydrogens (tertiary/aromatic N) is 4. The summed E-state index contributed by atoms with van der Waals surface area (Å²) >= 11 is 3.38. The Bertz CT molecular complexity index is 1990. The van der Waals surface area contributed by atoms with Crippen molar-refractivity contribution in [1.29, 1.82) is 0 Å². The lowest BCUT2D eigenvalue weighted by molar-refractivity contribution is -0.386. The fourth-order valence-corrected chi connectivity index (χ4v) is 5.47. The van der Waals surface area contributed by atoms with Gasteiger partial charge < -0.3 is 9.47 Å². The number of halogens is 2. The van der Waals surface area contributed by atoms with Crippen molar-refractivity contribution < 1.29 is 18.8 Å². The summed E-state index contributed by atoms with van der Waals surface area (Å²) < 4.78 is 26.5. The van der Waals surface area contributed by atoms with Gasteiger partial charge in [0.15, 0.2) is 5.82 Å². The molecule has 0 aliphatic carbocycles. The van der Waals surface area contributed by atoms with Crippen LogP contribution in [0.4, 0.5) is 10.1 Å². The Kier molecular flexibility index (Phi) is 9.38. The second kappa shape index (κ2) is 13.4. The number of rotatable bonds is 10. The summed E-state index contributed by atoms with van der Waals surface area (Å²) in [6.07, 6.45) is 1.37. The van der Waals surface area contributed by atoms with E-state index in [1.807, 2.05) is 32.0 Å². The van der Waals surface area contributed by atoms with Crippen molar-refractivity contribution in [2.24, 2.45) is 5.10 Å². The van der Waals surface area contributed by atoms with Crippen LogP contribution in [-0.2, 0) is 6.61 Å². The number of benzene rings is 4. The maximum Gasteiger partial charge on any atom is 0.312 e. The summed E-state index contributed by atoms with van der Waals surface area (Å²) in [6.45, 7) is 8.48. The Morgan fingerprint density at radius 3 is 2.51 bits per heavy atom. The molecular formula is C34H30BrFN4O5. The van der Waals surface area contributed by atoms with Gasteiger partial charge in [-0.25, -0.2) is 9.37 Å². The lowest BCUT2D eigenvalue weighted by Crippen LogP contribution is -2.21.